The topological polar surface area (TPSA) is 83.6 Å². The molecular formula is C3H6FNO3. The lowest BCUT2D eigenvalue weighted by Crippen LogP contribution is -2.39. The number of carboxylic acids is 1. The Morgan fingerprint density at radius 1 is 1.75 bits per heavy atom. The summed E-state index contributed by atoms with van der Waals surface area (Å²) in [4.78, 5) is 9.62. The second-order valence-electron chi connectivity index (χ2n) is 1.24. The molecule has 5 heteroatoms. The summed E-state index contributed by atoms with van der Waals surface area (Å²) in [6.45, 7) is 0. The molecule has 4 nitrogen and oxygen atoms in total. The van der Waals surface area contributed by atoms with Crippen LogP contribution in [0.4, 0.5) is 4.39 Å². The Morgan fingerprint density at radius 3 is 2.12 bits per heavy atom. The third-order valence-corrected chi connectivity index (χ3v) is 0.581. The molecule has 0 heterocycles. The predicted molar refractivity (Wildman–Crippen MR) is 22.7 cm³/mol. The molecule has 0 rings (SSSR count). The van der Waals surface area contributed by atoms with E-state index in [-0.39, 0.29) is 0 Å². The van der Waals surface area contributed by atoms with Gasteiger partial charge in [-0.15, -0.1) is 0 Å². The Morgan fingerprint density at radius 2 is 2.12 bits per heavy atom. The third kappa shape index (κ3) is 1.85. The van der Waals surface area contributed by atoms with E-state index >= 15 is 0 Å². The van der Waals surface area contributed by atoms with Gasteiger partial charge in [0, 0.05) is 0 Å². The van der Waals surface area contributed by atoms with Crippen LogP contribution in [-0.4, -0.2) is 28.6 Å². The van der Waals surface area contributed by atoms with E-state index in [0.29, 0.717) is 0 Å². The zero-order valence-corrected chi connectivity index (χ0v) is 3.91. The first-order valence-corrected chi connectivity index (χ1v) is 1.86. The Balaban J connectivity index is 3.64. The number of aliphatic hydroxyl groups excluding tert-OH is 1. The largest absolute Gasteiger partial charge is 0.480 e. The van der Waals surface area contributed by atoms with E-state index in [2.05, 4.69) is 5.73 Å². The second kappa shape index (κ2) is 2.58. The molecule has 8 heavy (non-hydrogen) atoms. The number of hydrogen-bond donors (Lipinski definition) is 3. The Kier molecular flexibility index (Phi) is 2.36. The SMILES string of the molecule is N[C@H](C(=O)O)C(O)F. The van der Waals surface area contributed by atoms with E-state index in [1.54, 1.807) is 0 Å². The fraction of sp³-hybridized carbons (Fsp3) is 0.667. The molecule has 0 fully saturated rings. The lowest BCUT2D eigenvalue weighted by molar-refractivity contribution is -0.144. The van der Waals surface area contributed by atoms with Crippen LogP contribution in [0.3, 0.4) is 0 Å². The highest BCUT2D eigenvalue weighted by atomic mass is 19.1. The van der Waals surface area contributed by atoms with E-state index < -0.39 is 18.4 Å². The van der Waals surface area contributed by atoms with Crippen molar-refractivity contribution in [1.29, 1.82) is 0 Å². The Bertz CT molecular complexity index is 94.5. The number of carbonyl (C=O) groups is 1. The van der Waals surface area contributed by atoms with E-state index in [1.807, 2.05) is 0 Å². The van der Waals surface area contributed by atoms with Crippen LogP contribution >= 0.6 is 0 Å². The van der Waals surface area contributed by atoms with Gasteiger partial charge in [-0.2, -0.15) is 0 Å². The van der Waals surface area contributed by atoms with Crippen LogP contribution in [0.5, 0.6) is 0 Å². The maximum Gasteiger partial charge on any atom is 0.326 e. The zero-order valence-electron chi connectivity index (χ0n) is 3.91. The molecule has 0 saturated carbocycles. The van der Waals surface area contributed by atoms with Crippen LogP contribution < -0.4 is 5.73 Å². The Labute approximate surface area is 44.7 Å². The number of hydrogen-bond acceptors (Lipinski definition) is 3. The maximum absolute atomic E-state index is 11.4. The molecule has 0 spiro atoms. The Hall–Kier alpha value is -0.680. The van der Waals surface area contributed by atoms with Crippen LogP contribution in [0.1, 0.15) is 0 Å². The van der Waals surface area contributed by atoms with E-state index in [4.69, 9.17) is 10.2 Å². The molecule has 0 aliphatic rings. The van der Waals surface area contributed by atoms with Gasteiger partial charge in [0.2, 0.25) is 6.36 Å². The van der Waals surface area contributed by atoms with Crippen LogP contribution in [0.25, 0.3) is 0 Å². The highest BCUT2D eigenvalue weighted by Gasteiger charge is 2.20. The number of aliphatic carboxylic acids is 1. The first kappa shape index (κ1) is 7.32. The van der Waals surface area contributed by atoms with Crippen molar-refractivity contribution >= 4 is 5.97 Å². The number of nitrogens with two attached hydrogens (primary N) is 1. The number of aliphatic hydroxyl groups is 1. The number of carboxylic acid groups (broad SMARTS) is 1. The highest BCUT2D eigenvalue weighted by molar-refractivity contribution is 5.73. The van der Waals surface area contributed by atoms with Gasteiger partial charge in [-0.1, -0.05) is 0 Å². The monoisotopic (exact) mass is 123 g/mol. The van der Waals surface area contributed by atoms with Crippen LogP contribution in [0, 0.1) is 0 Å². The van der Waals surface area contributed by atoms with Crippen LogP contribution in [-0.2, 0) is 4.79 Å². The molecule has 0 amide bonds. The van der Waals surface area contributed by atoms with E-state index in [9.17, 15) is 9.18 Å². The number of alkyl halides is 1. The summed E-state index contributed by atoms with van der Waals surface area (Å²) < 4.78 is 11.4. The first-order chi connectivity index (χ1) is 3.55. The summed E-state index contributed by atoms with van der Waals surface area (Å²) in [5.74, 6) is -1.56. The minimum absolute atomic E-state index is 1.56. The molecule has 1 unspecified atom stereocenters. The molecule has 0 bridgehead atoms. The van der Waals surface area contributed by atoms with Crippen molar-refractivity contribution in [3.05, 3.63) is 0 Å². The molecule has 2 atom stereocenters. The smallest absolute Gasteiger partial charge is 0.326 e. The van der Waals surface area contributed by atoms with Gasteiger partial charge in [0.05, 0.1) is 0 Å². The quantitative estimate of drug-likeness (QED) is 0.425. The minimum atomic E-state index is -2.48. The summed E-state index contributed by atoms with van der Waals surface area (Å²) in [6, 6.07) is -1.82. The van der Waals surface area contributed by atoms with Crippen LogP contribution in [0.2, 0.25) is 0 Å². The first-order valence-electron chi connectivity index (χ1n) is 1.86. The number of rotatable bonds is 2. The average Bonchev–Trinajstić information content (AvgIpc) is 1.64. The molecular weight excluding hydrogens is 117 g/mol. The van der Waals surface area contributed by atoms with Crippen LogP contribution in [0.15, 0.2) is 0 Å². The molecule has 0 aromatic rings. The van der Waals surface area contributed by atoms with Crippen molar-refractivity contribution in [2.45, 2.75) is 12.4 Å². The van der Waals surface area contributed by atoms with Gasteiger partial charge in [-0.25, -0.2) is 4.39 Å². The highest BCUT2D eigenvalue weighted by Crippen LogP contribution is 1.89. The molecule has 0 aromatic heterocycles. The standard InChI is InChI=1S/C3H6FNO3/c4-2(6)1(5)3(7)8/h1-2,6H,5H2,(H,7,8)/t1-,2?/m0/s1. The molecule has 0 saturated heterocycles. The van der Waals surface area contributed by atoms with E-state index in [1.165, 1.54) is 0 Å². The van der Waals surface area contributed by atoms with Gasteiger partial charge in [0.15, 0.2) is 6.04 Å². The summed E-state index contributed by atoms with van der Waals surface area (Å²) in [5.41, 5.74) is 4.53. The van der Waals surface area contributed by atoms with Crippen molar-refractivity contribution in [2.24, 2.45) is 5.73 Å². The fourth-order valence-electron chi connectivity index (χ4n) is 0.118. The summed E-state index contributed by atoms with van der Waals surface area (Å²) in [7, 11) is 0. The van der Waals surface area contributed by atoms with Gasteiger partial charge in [-0.3, -0.25) is 4.79 Å². The van der Waals surface area contributed by atoms with Crippen molar-refractivity contribution in [1.82, 2.24) is 0 Å². The molecule has 0 aromatic carbocycles. The summed E-state index contributed by atoms with van der Waals surface area (Å²) in [6.07, 6.45) is -2.48. The van der Waals surface area contributed by atoms with E-state index in [0.717, 1.165) is 0 Å². The minimum Gasteiger partial charge on any atom is -0.480 e. The fourth-order valence-corrected chi connectivity index (χ4v) is 0.118. The molecule has 0 aliphatic carbocycles. The second-order valence-corrected chi connectivity index (χ2v) is 1.24. The lowest BCUT2D eigenvalue weighted by atomic mass is 10.3. The third-order valence-electron chi connectivity index (χ3n) is 0.581. The average molecular weight is 123 g/mol. The normalized spacial score (nSPS) is 17.4. The number of halogens is 1. The van der Waals surface area contributed by atoms with Gasteiger partial charge in [-0.05, 0) is 0 Å². The van der Waals surface area contributed by atoms with Crippen molar-refractivity contribution in [2.75, 3.05) is 0 Å². The molecule has 0 radical (unpaired) electrons. The van der Waals surface area contributed by atoms with Crippen molar-refractivity contribution < 1.29 is 19.4 Å². The van der Waals surface area contributed by atoms with Gasteiger partial charge in [0.25, 0.3) is 0 Å². The zero-order chi connectivity index (χ0) is 6.73. The summed E-state index contributed by atoms with van der Waals surface area (Å²) >= 11 is 0. The van der Waals surface area contributed by atoms with Crippen molar-refractivity contribution in [3.63, 3.8) is 0 Å². The molecule has 4 N–H and O–H groups in total. The van der Waals surface area contributed by atoms with Gasteiger partial charge in [0.1, 0.15) is 0 Å². The predicted octanol–water partition coefficient (Wildman–Crippen LogP) is -1.31. The lowest BCUT2D eigenvalue weighted by Gasteiger charge is -2.03. The molecule has 0 aliphatic heterocycles. The van der Waals surface area contributed by atoms with Gasteiger partial charge >= 0.3 is 5.97 Å². The summed E-state index contributed by atoms with van der Waals surface area (Å²) in [5, 5.41) is 15.6. The van der Waals surface area contributed by atoms with Crippen molar-refractivity contribution in [3.8, 4) is 0 Å². The maximum atomic E-state index is 11.4. The molecule has 48 valence electrons. The van der Waals surface area contributed by atoms with Gasteiger partial charge < -0.3 is 15.9 Å².